The Morgan fingerprint density at radius 1 is 1.03 bits per heavy atom. The van der Waals surface area contributed by atoms with Gasteiger partial charge in [0.05, 0.1) is 17.0 Å². The molecule has 0 unspecified atom stereocenters. The predicted octanol–water partition coefficient (Wildman–Crippen LogP) is 4.72. The van der Waals surface area contributed by atoms with Gasteiger partial charge >= 0.3 is 5.97 Å². The van der Waals surface area contributed by atoms with E-state index < -0.39 is 18.0 Å². The van der Waals surface area contributed by atoms with Crippen LogP contribution in [0.4, 0.5) is 5.69 Å². The zero-order valence-electron chi connectivity index (χ0n) is 18.8. The van der Waals surface area contributed by atoms with Crippen molar-refractivity contribution in [2.75, 3.05) is 5.32 Å². The number of nitrogens with zero attached hydrogens (tertiary/aromatic N) is 2. The zero-order valence-corrected chi connectivity index (χ0v) is 20.5. The fourth-order valence-corrected chi connectivity index (χ4v) is 4.78. The summed E-state index contributed by atoms with van der Waals surface area (Å²) < 4.78 is 8.64. The van der Waals surface area contributed by atoms with Crippen LogP contribution in [0.1, 0.15) is 22.4 Å². The van der Waals surface area contributed by atoms with Gasteiger partial charge in [0.2, 0.25) is 0 Å². The first-order valence-electron chi connectivity index (χ1n) is 10.5. The van der Waals surface area contributed by atoms with E-state index in [-0.39, 0.29) is 11.2 Å². The number of hydrogen-bond acceptors (Lipinski definition) is 6. The Hall–Kier alpha value is -3.69. The van der Waals surface area contributed by atoms with Gasteiger partial charge in [0.15, 0.2) is 6.10 Å². The third-order valence-corrected chi connectivity index (χ3v) is 7.01. The fourth-order valence-electron chi connectivity index (χ4n) is 3.39. The highest BCUT2D eigenvalue weighted by Crippen LogP contribution is 2.26. The summed E-state index contributed by atoms with van der Waals surface area (Å²) >= 11 is 2.91. The van der Waals surface area contributed by atoms with Crippen molar-refractivity contribution >= 4 is 51.9 Å². The van der Waals surface area contributed by atoms with Gasteiger partial charge < -0.3 is 10.1 Å². The molecular weight excluding hydrogens is 470 g/mol. The van der Waals surface area contributed by atoms with Gasteiger partial charge in [-0.15, -0.1) is 22.7 Å². The number of carbonyl (C=O) groups is 2. The average molecular weight is 494 g/mol. The first-order valence-corrected chi connectivity index (χ1v) is 12.3. The predicted molar refractivity (Wildman–Crippen MR) is 136 cm³/mol. The van der Waals surface area contributed by atoms with Crippen LogP contribution >= 0.6 is 22.7 Å². The van der Waals surface area contributed by atoms with E-state index in [1.54, 1.807) is 24.7 Å². The topological polar surface area (TPSA) is 82.3 Å². The van der Waals surface area contributed by atoms with E-state index in [0.29, 0.717) is 17.0 Å². The van der Waals surface area contributed by atoms with Crippen LogP contribution in [0.5, 0.6) is 0 Å². The van der Waals surface area contributed by atoms with E-state index >= 15 is 0 Å². The number of rotatable bonds is 7. The Morgan fingerprint density at radius 3 is 2.38 bits per heavy atom. The smallest absolute Gasteiger partial charge is 0.340 e. The molecule has 7 nitrogen and oxygen atoms in total. The minimum atomic E-state index is -1.11. The van der Waals surface area contributed by atoms with Crippen molar-refractivity contribution in [1.29, 1.82) is 0 Å². The van der Waals surface area contributed by atoms with Gasteiger partial charge in [0.1, 0.15) is 5.69 Å². The quantitative estimate of drug-likeness (QED) is 0.298. The summed E-state index contributed by atoms with van der Waals surface area (Å²) in [4.78, 5) is 40.6. The number of thiophene rings is 2. The minimum absolute atomic E-state index is 0.145. The van der Waals surface area contributed by atoms with Crippen molar-refractivity contribution in [2.24, 2.45) is 7.05 Å². The highest BCUT2D eigenvalue weighted by Gasteiger charge is 2.25. The van der Waals surface area contributed by atoms with Crippen LogP contribution in [0.3, 0.4) is 0 Å². The molecule has 0 fully saturated rings. The minimum Gasteiger partial charge on any atom is -0.449 e. The number of carbonyl (C=O) groups excluding carboxylic acids is 2. The van der Waals surface area contributed by atoms with Gasteiger partial charge in [-0.25, -0.2) is 9.48 Å². The summed E-state index contributed by atoms with van der Waals surface area (Å²) in [6.07, 6.45) is 0.645. The first-order chi connectivity index (χ1) is 16.4. The van der Waals surface area contributed by atoms with Crippen molar-refractivity contribution in [1.82, 2.24) is 9.36 Å². The molecule has 0 spiro atoms. The lowest BCUT2D eigenvalue weighted by atomic mass is 10.2. The van der Waals surface area contributed by atoms with Crippen LogP contribution in [-0.4, -0.2) is 27.3 Å². The van der Waals surface area contributed by atoms with Gasteiger partial charge in [0, 0.05) is 16.8 Å². The Morgan fingerprint density at radius 2 is 1.74 bits per heavy atom. The van der Waals surface area contributed by atoms with Crippen LogP contribution in [0, 0.1) is 6.92 Å². The molecule has 0 saturated carbocycles. The zero-order chi connectivity index (χ0) is 24.2. The van der Waals surface area contributed by atoms with Gasteiger partial charge in [-0.05, 0) is 54.9 Å². The van der Waals surface area contributed by atoms with Crippen LogP contribution in [0.15, 0.2) is 70.2 Å². The number of aromatic nitrogens is 2. The molecule has 3 heterocycles. The number of amides is 1. The molecule has 0 aliphatic heterocycles. The molecule has 0 aliphatic rings. The number of nitrogens with one attached hydrogen (secondary N) is 1. The van der Waals surface area contributed by atoms with E-state index in [2.05, 4.69) is 5.32 Å². The number of benzene rings is 1. The van der Waals surface area contributed by atoms with E-state index in [4.69, 9.17) is 4.74 Å². The summed E-state index contributed by atoms with van der Waals surface area (Å²) in [6.45, 7) is 3.23. The fraction of sp³-hybridized carbons (Fsp3) is 0.160. The normalized spacial score (nSPS) is 12.4. The Balaban J connectivity index is 1.53. The maximum absolute atomic E-state index is 13.0. The molecule has 1 atom stereocenters. The maximum atomic E-state index is 13.0. The third kappa shape index (κ3) is 4.80. The van der Waals surface area contributed by atoms with Gasteiger partial charge in [-0.3, -0.25) is 14.3 Å². The number of ether oxygens (including phenoxy) is 1. The molecule has 174 valence electrons. The standard InChI is InChI=1S/C25H23N3O4S2/c1-16-22(24(30)28(27(16)3)18-9-5-4-6-10-18)26-23(29)17(2)32-25(31)20(21-12-8-14-34-21)15-19-11-7-13-33-19/h4-15,17H,1-3H3,(H,26,29)/b20-15+/t17-/m0/s1. The second kappa shape index (κ2) is 10.1. The Kier molecular flexibility index (Phi) is 6.95. The molecule has 4 rings (SSSR count). The van der Waals surface area contributed by atoms with Crippen molar-refractivity contribution in [3.63, 3.8) is 0 Å². The molecule has 0 saturated heterocycles. The number of para-hydroxylation sites is 1. The lowest BCUT2D eigenvalue weighted by molar-refractivity contribution is -0.147. The second-order valence-corrected chi connectivity index (χ2v) is 9.45. The number of anilines is 1. The molecule has 9 heteroatoms. The molecular formula is C25H23N3O4S2. The molecule has 3 aromatic heterocycles. The molecule has 34 heavy (non-hydrogen) atoms. The van der Waals surface area contributed by atoms with Crippen LogP contribution in [0.2, 0.25) is 0 Å². The average Bonchev–Trinajstić information content (AvgIpc) is 3.58. The molecule has 0 aliphatic carbocycles. The van der Waals surface area contributed by atoms with Gasteiger partial charge in [0.25, 0.3) is 11.5 Å². The van der Waals surface area contributed by atoms with Crippen molar-refractivity contribution in [3.05, 3.63) is 91.2 Å². The maximum Gasteiger partial charge on any atom is 0.340 e. The van der Waals surface area contributed by atoms with E-state index in [1.165, 1.54) is 34.3 Å². The molecule has 0 radical (unpaired) electrons. The monoisotopic (exact) mass is 493 g/mol. The molecule has 1 N–H and O–H groups in total. The van der Waals surface area contributed by atoms with Crippen LogP contribution < -0.4 is 10.9 Å². The summed E-state index contributed by atoms with van der Waals surface area (Å²) in [6, 6.07) is 16.6. The summed E-state index contributed by atoms with van der Waals surface area (Å²) in [5.74, 6) is -1.19. The van der Waals surface area contributed by atoms with E-state index in [0.717, 1.165) is 9.75 Å². The molecule has 1 amide bonds. The SMILES string of the molecule is Cc1c(NC(=O)[C@H](C)OC(=O)/C(=C/c2cccs2)c2cccs2)c(=O)n(-c2ccccc2)n1C. The summed E-state index contributed by atoms with van der Waals surface area (Å²) in [7, 11) is 1.74. The molecule has 0 bridgehead atoms. The van der Waals surface area contributed by atoms with Crippen molar-refractivity contribution < 1.29 is 14.3 Å². The van der Waals surface area contributed by atoms with Gasteiger partial charge in [-0.1, -0.05) is 30.3 Å². The van der Waals surface area contributed by atoms with E-state index in [1.807, 2.05) is 65.4 Å². The number of esters is 1. The lowest BCUT2D eigenvalue weighted by Crippen LogP contribution is -2.32. The van der Waals surface area contributed by atoms with Crippen LogP contribution in [0.25, 0.3) is 17.3 Å². The van der Waals surface area contributed by atoms with Gasteiger partial charge in [-0.2, -0.15) is 0 Å². The molecule has 4 aromatic rings. The highest BCUT2D eigenvalue weighted by atomic mass is 32.1. The van der Waals surface area contributed by atoms with Crippen LogP contribution in [-0.2, 0) is 21.4 Å². The highest BCUT2D eigenvalue weighted by molar-refractivity contribution is 7.12. The van der Waals surface area contributed by atoms with Crippen molar-refractivity contribution in [2.45, 2.75) is 20.0 Å². The second-order valence-electron chi connectivity index (χ2n) is 7.52. The molecule has 1 aromatic carbocycles. The largest absolute Gasteiger partial charge is 0.449 e. The number of hydrogen-bond donors (Lipinski definition) is 1. The third-order valence-electron chi connectivity index (χ3n) is 5.29. The first kappa shape index (κ1) is 23.5. The lowest BCUT2D eigenvalue weighted by Gasteiger charge is -2.14. The Bertz CT molecular complexity index is 1380. The van der Waals surface area contributed by atoms with E-state index in [9.17, 15) is 14.4 Å². The summed E-state index contributed by atoms with van der Waals surface area (Å²) in [5.41, 5.74) is 1.41. The Labute approximate surface area is 204 Å². The van der Waals surface area contributed by atoms with Crippen molar-refractivity contribution in [3.8, 4) is 5.69 Å². The summed E-state index contributed by atoms with van der Waals surface area (Å²) in [5, 5.41) is 6.44.